The summed E-state index contributed by atoms with van der Waals surface area (Å²) >= 11 is 2.68. The van der Waals surface area contributed by atoms with E-state index in [1.807, 2.05) is 29.6 Å². The first-order valence-corrected chi connectivity index (χ1v) is 9.05. The number of nitrogens with zero attached hydrogens (tertiary/aromatic N) is 2. The number of fused-ring (bicyclic) bond motifs is 2. The van der Waals surface area contributed by atoms with Crippen LogP contribution >= 0.6 is 22.7 Å². The number of pyridine rings is 1. The number of carbonyl (C=O) groups excluding carboxylic acids is 1. The molecule has 0 aliphatic heterocycles. The van der Waals surface area contributed by atoms with Gasteiger partial charge in [0.25, 0.3) is 0 Å². The first-order valence-electron chi connectivity index (χ1n) is 7.36. The number of nitrogen functional groups attached to an aromatic ring is 2. The van der Waals surface area contributed by atoms with Gasteiger partial charge in [-0.05, 0) is 34.5 Å². The van der Waals surface area contributed by atoms with Crippen molar-refractivity contribution in [3.8, 4) is 22.3 Å². The molecular weight excluding hydrogens is 370 g/mol. The monoisotopic (exact) mass is 381 g/mol. The van der Waals surface area contributed by atoms with Crippen LogP contribution in [0.3, 0.4) is 0 Å². The molecule has 0 aliphatic rings. The first-order chi connectivity index (χ1) is 12.5. The van der Waals surface area contributed by atoms with E-state index in [1.165, 1.54) is 0 Å². The second kappa shape index (κ2) is 5.87. The number of primary amides is 1. The Morgan fingerprint density at radius 1 is 1.27 bits per heavy atom. The number of hydrogen-bond acceptors (Lipinski definition) is 8. The fourth-order valence-corrected chi connectivity index (χ4v) is 4.58. The van der Waals surface area contributed by atoms with Gasteiger partial charge in [-0.3, -0.25) is 0 Å². The highest BCUT2D eigenvalue weighted by molar-refractivity contribution is 7.21. The fraction of sp³-hybridized carbons (Fsp3) is 0. The van der Waals surface area contributed by atoms with Crippen molar-refractivity contribution in [1.29, 1.82) is 5.26 Å². The van der Waals surface area contributed by atoms with Gasteiger partial charge in [-0.2, -0.15) is 5.26 Å². The Bertz CT molecular complexity index is 1240. The largest absolute Gasteiger partial charge is 0.410 e. The van der Waals surface area contributed by atoms with E-state index in [1.54, 1.807) is 11.3 Å². The SMILES string of the molecule is N#Cc1c(N)nc2sc(OC(N)=O)c(N)c2c1-c1ccc2sccc2c1. The molecule has 4 aromatic rings. The summed E-state index contributed by atoms with van der Waals surface area (Å²) in [5.41, 5.74) is 19.0. The lowest BCUT2D eigenvalue weighted by atomic mass is 9.97. The van der Waals surface area contributed by atoms with E-state index in [-0.39, 0.29) is 22.1 Å². The molecule has 7 nitrogen and oxygen atoms in total. The van der Waals surface area contributed by atoms with Crippen molar-refractivity contribution in [2.75, 3.05) is 11.5 Å². The smallest absolute Gasteiger partial charge is 0.397 e. The van der Waals surface area contributed by atoms with Crippen LogP contribution in [0, 0.1) is 11.3 Å². The van der Waals surface area contributed by atoms with Crippen LogP contribution in [0.25, 0.3) is 31.4 Å². The van der Waals surface area contributed by atoms with Gasteiger partial charge in [0.05, 0.1) is 5.69 Å². The quantitative estimate of drug-likeness (QED) is 0.484. The molecular formula is C17H11N5O2S2. The van der Waals surface area contributed by atoms with Gasteiger partial charge in [-0.25, -0.2) is 9.78 Å². The topological polar surface area (TPSA) is 141 Å². The minimum atomic E-state index is -0.974. The lowest BCUT2D eigenvalue weighted by molar-refractivity contribution is 0.212. The molecule has 4 rings (SSSR count). The van der Waals surface area contributed by atoms with Crippen molar-refractivity contribution >= 4 is 60.6 Å². The van der Waals surface area contributed by atoms with Crippen molar-refractivity contribution in [1.82, 2.24) is 4.98 Å². The van der Waals surface area contributed by atoms with E-state index in [4.69, 9.17) is 21.9 Å². The molecule has 1 amide bonds. The summed E-state index contributed by atoms with van der Waals surface area (Å²) in [5.74, 6) is 0.0901. The summed E-state index contributed by atoms with van der Waals surface area (Å²) in [6, 6.07) is 9.94. The van der Waals surface area contributed by atoms with Crippen LogP contribution < -0.4 is 21.9 Å². The third-order valence-electron chi connectivity index (χ3n) is 3.92. The van der Waals surface area contributed by atoms with Gasteiger partial charge in [-0.1, -0.05) is 17.4 Å². The summed E-state index contributed by atoms with van der Waals surface area (Å²) in [5, 5.41) is 13.3. The van der Waals surface area contributed by atoms with E-state index >= 15 is 0 Å². The predicted octanol–water partition coefficient (Wildman–Crippen LogP) is 3.67. The minimum absolute atomic E-state index is 0.0901. The Morgan fingerprint density at radius 2 is 2.08 bits per heavy atom. The zero-order valence-electron chi connectivity index (χ0n) is 13.1. The molecule has 128 valence electrons. The predicted molar refractivity (Wildman–Crippen MR) is 104 cm³/mol. The number of aromatic nitrogens is 1. The Labute approximate surface area is 155 Å². The molecule has 0 aliphatic carbocycles. The molecule has 0 saturated heterocycles. The van der Waals surface area contributed by atoms with Crippen LogP contribution in [0.1, 0.15) is 5.56 Å². The Hall–Kier alpha value is -3.35. The molecule has 0 saturated carbocycles. The van der Waals surface area contributed by atoms with Gasteiger partial charge >= 0.3 is 6.09 Å². The normalized spacial score (nSPS) is 10.9. The van der Waals surface area contributed by atoms with Crippen molar-refractivity contribution in [2.24, 2.45) is 5.73 Å². The number of hydrogen-bond donors (Lipinski definition) is 3. The number of amides is 1. The molecule has 0 radical (unpaired) electrons. The summed E-state index contributed by atoms with van der Waals surface area (Å²) < 4.78 is 6.09. The number of ether oxygens (including phenoxy) is 1. The van der Waals surface area contributed by atoms with Gasteiger partial charge in [-0.15, -0.1) is 11.3 Å². The fourth-order valence-electron chi connectivity index (χ4n) is 2.84. The summed E-state index contributed by atoms with van der Waals surface area (Å²) in [4.78, 5) is 15.8. The molecule has 0 spiro atoms. The zero-order valence-corrected chi connectivity index (χ0v) is 14.8. The molecule has 6 N–H and O–H groups in total. The molecule has 3 heterocycles. The second-order valence-corrected chi connectivity index (χ2v) is 7.35. The average Bonchev–Trinajstić information content (AvgIpc) is 3.17. The van der Waals surface area contributed by atoms with Crippen LogP contribution in [-0.2, 0) is 0 Å². The molecule has 9 heteroatoms. The number of nitriles is 1. The van der Waals surface area contributed by atoms with E-state index in [9.17, 15) is 10.1 Å². The molecule has 0 bridgehead atoms. The van der Waals surface area contributed by atoms with Crippen LogP contribution in [-0.4, -0.2) is 11.1 Å². The van der Waals surface area contributed by atoms with Gasteiger partial charge < -0.3 is 21.9 Å². The summed E-state index contributed by atoms with van der Waals surface area (Å²) in [6.07, 6.45) is -0.974. The van der Waals surface area contributed by atoms with E-state index < -0.39 is 6.09 Å². The van der Waals surface area contributed by atoms with Crippen LogP contribution in [0.2, 0.25) is 0 Å². The van der Waals surface area contributed by atoms with Gasteiger partial charge in [0.1, 0.15) is 22.3 Å². The van der Waals surface area contributed by atoms with Crippen molar-refractivity contribution < 1.29 is 9.53 Å². The third kappa shape index (κ3) is 2.40. The maximum atomic E-state index is 11.1. The van der Waals surface area contributed by atoms with Crippen molar-refractivity contribution in [2.45, 2.75) is 0 Å². The standard InChI is InChI=1S/C17H11N5O2S2/c18-6-9-11(8-1-2-10-7(5-8)3-4-25-10)12-13(19)16(24-17(21)23)26-15(12)22-14(9)20/h1-5H,19H2,(H2,20,22)(H2,21,23). The maximum absolute atomic E-state index is 11.1. The lowest BCUT2D eigenvalue weighted by Crippen LogP contribution is -2.16. The Balaban J connectivity index is 2.09. The zero-order chi connectivity index (χ0) is 18.4. The summed E-state index contributed by atoms with van der Waals surface area (Å²) in [6.45, 7) is 0. The van der Waals surface area contributed by atoms with Gasteiger partial charge in [0.15, 0.2) is 0 Å². The van der Waals surface area contributed by atoms with Crippen LogP contribution in [0.15, 0.2) is 29.6 Å². The molecule has 3 aromatic heterocycles. The number of benzene rings is 1. The van der Waals surface area contributed by atoms with E-state index in [0.29, 0.717) is 15.8 Å². The molecule has 0 fully saturated rings. The Morgan fingerprint density at radius 3 is 2.81 bits per heavy atom. The Kier molecular flexibility index (Phi) is 3.64. The second-order valence-electron chi connectivity index (χ2n) is 5.44. The first kappa shape index (κ1) is 16.1. The molecule has 0 unspecified atom stereocenters. The average molecular weight is 381 g/mol. The van der Waals surface area contributed by atoms with Gasteiger partial charge in [0.2, 0.25) is 5.06 Å². The number of anilines is 2. The highest BCUT2D eigenvalue weighted by Gasteiger charge is 2.23. The molecule has 0 atom stereocenters. The maximum Gasteiger partial charge on any atom is 0.410 e. The third-order valence-corrected chi connectivity index (χ3v) is 5.79. The lowest BCUT2D eigenvalue weighted by Gasteiger charge is -2.09. The van der Waals surface area contributed by atoms with Crippen LogP contribution in [0.5, 0.6) is 5.06 Å². The number of thiophene rings is 2. The van der Waals surface area contributed by atoms with E-state index in [0.717, 1.165) is 27.0 Å². The highest BCUT2D eigenvalue weighted by atomic mass is 32.1. The summed E-state index contributed by atoms with van der Waals surface area (Å²) in [7, 11) is 0. The molecule has 26 heavy (non-hydrogen) atoms. The van der Waals surface area contributed by atoms with Gasteiger partial charge in [0, 0.05) is 15.6 Å². The van der Waals surface area contributed by atoms with Crippen molar-refractivity contribution in [3.63, 3.8) is 0 Å². The number of nitrogens with two attached hydrogens (primary N) is 3. The number of carbonyl (C=O) groups is 1. The minimum Gasteiger partial charge on any atom is -0.397 e. The van der Waals surface area contributed by atoms with Crippen molar-refractivity contribution in [3.05, 3.63) is 35.2 Å². The highest BCUT2D eigenvalue weighted by Crippen LogP contribution is 2.46. The molecule has 1 aromatic carbocycles. The van der Waals surface area contributed by atoms with E-state index in [2.05, 4.69) is 11.1 Å². The number of rotatable bonds is 2. The van der Waals surface area contributed by atoms with Crippen LogP contribution in [0.4, 0.5) is 16.3 Å².